The van der Waals surface area contributed by atoms with Crippen LogP contribution in [0.1, 0.15) is 11.6 Å². The molecule has 1 aliphatic rings. The van der Waals surface area contributed by atoms with Crippen molar-refractivity contribution in [3.05, 3.63) is 80.6 Å². The van der Waals surface area contributed by atoms with Crippen LogP contribution in [0.15, 0.2) is 63.8 Å². The number of nitrogens with one attached hydrogen (secondary N) is 1. The van der Waals surface area contributed by atoms with Crippen molar-refractivity contribution in [3.63, 3.8) is 0 Å². The molecule has 2 aromatic rings. The molecule has 0 saturated heterocycles. The van der Waals surface area contributed by atoms with Crippen molar-refractivity contribution in [2.24, 2.45) is 0 Å². The summed E-state index contributed by atoms with van der Waals surface area (Å²) >= 11 is 0. The number of ether oxygens (including phenoxy) is 1. The molecule has 1 aliphatic carbocycles. The van der Waals surface area contributed by atoms with Crippen LogP contribution in [0.25, 0.3) is 0 Å². The third kappa shape index (κ3) is 3.38. The van der Waals surface area contributed by atoms with Gasteiger partial charge in [-0.25, -0.2) is 4.79 Å². The standard InChI is InChI=1S/C17H18N2O5/c20-14-6-7-19(17(23)18-14)13-8-12(15(21)16(13)22)10-24-9-11-4-2-1-3-5-11/h1-8,13,15-16,21-22H,9-10H2,(H,18,20,23)/t13-,15-,16+/m1/s1. The van der Waals surface area contributed by atoms with E-state index in [0.29, 0.717) is 12.2 Å². The van der Waals surface area contributed by atoms with E-state index in [1.165, 1.54) is 16.8 Å². The fourth-order valence-electron chi connectivity index (χ4n) is 2.72. The van der Waals surface area contributed by atoms with Crippen LogP contribution in [0, 0.1) is 0 Å². The molecule has 126 valence electrons. The van der Waals surface area contributed by atoms with Crippen LogP contribution in [0.3, 0.4) is 0 Å². The van der Waals surface area contributed by atoms with E-state index in [1.807, 2.05) is 30.3 Å². The third-order valence-corrected chi connectivity index (χ3v) is 3.99. The second-order valence-corrected chi connectivity index (χ2v) is 5.66. The highest BCUT2D eigenvalue weighted by atomic mass is 16.5. The van der Waals surface area contributed by atoms with Gasteiger partial charge in [0.2, 0.25) is 0 Å². The Hall–Kier alpha value is -2.48. The predicted molar refractivity (Wildman–Crippen MR) is 86.6 cm³/mol. The number of H-pyrrole nitrogens is 1. The van der Waals surface area contributed by atoms with E-state index >= 15 is 0 Å². The molecular formula is C17H18N2O5. The largest absolute Gasteiger partial charge is 0.388 e. The van der Waals surface area contributed by atoms with Crippen molar-refractivity contribution in [2.75, 3.05) is 6.61 Å². The number of aliphatic hydroxyl groups excluding tert-OH is 2. The first-order chi connectivity index (χ1) is 11.6. The summed E-state index contributed by atoms with van der Waals surface area (Å²) in [6.07, 6.45) is 0.597. The van der Waals surface area contributed by atoms with Gasteiger partial charge in [0, 0.05) is 12.3 Å². The van der Waals surface area contributed by atoms with Gasteiger partial charge < -0.3 is 14.9 Å². The highest BCUT2D eigenvalue weighted by Gasteiger charge is 2.36. The van der Waals surface area contributed by atoms with Gasteiger partial charge in [-0.2, -0.15) is 0 Å². The molecular weight excluding hydrogens is 312 g/mol. The lowest BCUT2D eigenvalue weighted by atomic mass is 10.1. The second kappa shape index (κ2) is 6.96. The molecule has 0 bridgehead atoms. The molecule has 24 heavy (non-hydrogen) atoms. The average Bonchev–Trinajstić information content (AvgIpc) is 2.84. The summed E-state index contributed by atoms with van der Waals surface area (Å²) in [7, 11) is 0. The molecule has 1 aromatic carbocycles. The van der Waals surface area contributed by atoms with E-state index in [1.54, 1.807) is 6.08 Å². The monoisotopic (exact) mass is 330 g/mol. The number of rotatable bonds is 5. The summed E-state index contributed by atoms with van der Waals surface area (Å²) in [5.41, 5.74) is 0.349. The number of benzene rings is 1. The van der Waals surface area contributed by atoms with E-state index in [9.17, 15) is 19.8 Å². The summed E-state index contributed by atoms with van der Waals surface area (Å²) in [5.74, 6) is 0. The second-order valence-electron chi connectivity index (χ2n) is 5.66. The molecule has 1 aromatic heterocycles. The summed E-state index contributed by atoms with van der Waals surface area (Å²) < 4.78 is 6.75. The van der Waals surface area contributed by atoms with Gasteiger partial charge >= 0.3 is 5.69 Å². The average molecular weight is 330 g/mol. The van der Waals surface area contributed by atoms with Gasteiger partial charge in [-0.15, -0.1) is 0 Å². The van der Waals surface area contributed by atoms with Crippen molar-refractivity contribution in [1.29, 1.82) is 0 Å². The molecule has 3 N–H and O–H groups in total. The van der Waals surface area contributed by atoms with E-state index in [-0.39, 0.29) is 6.61 Å². The zero-order chi connectivity index (χ0) is 17.1. The van der Waals surface area contributed by atoms with E-state index in [2.05, 4.69) is 4.98 Å². The Bertz CT molecular complexity index is 840. The third-order valence-electron chi connectivity index (χ3n) is 3.99. The molecule has 1 heterocycles. The van der Waals surface area contributed by atoms with Crippen LogP contribution in [0.4, 0.5) is 0 Å². The molecule has 0 amide bonds. The fraction of sp³-hybridized carbons (Fsp3) is 0.294. The Morgan fingerprint density at radius 2 is 1.83 bits per heavy atom. The van der Waals surface area contributed by atoms with E-state index in [4.69, 9.17) is 4.74 Å². The predicted octanol–water partition coefficient (Wildman–Crippen LogP) is -0.0437. The molecule has 3 rings (SSSR count). The van der Waals surface area contributed by atoms with Crippen molar-refractivity contribution in [1.82, 2.24) is 9.55 Å². The van der Waals surface area contributed by atoms with Gasteiger partial charge in [0.1, 0.15) is 12.2 Å². The molecule has 0 saturated carbocycles. The molecule has 0 radical (unpaired) electrons. The van der Waals surface area contributed by atoms with Crippen molar-refractivity contribution < 1.29 is 14.9 Å². The van der Waals surface area contributed by atoms with Gasteiger partial charge in [-0.1, -0.05) is 36.4 Å². The first kappa shape index (κ1) is 16.4. The molecule has 0 unspecified atom stereocenters. The van der Waals surface area contributed by atoms with Gasteiger partial charge in [0.05, 0.1) is 19.3 Å². The summed E-state index contributed by atoms with van der Waals surface area (Å²) in [6.45, 7) is 0.520. The van der Waals surface area contributed by atoms with Crippen LogP contribution in [0.2, 0.25) is 0 Å². The molecule has 3 atom stereocenters. The Morgan fingerprint density at radius 3 is 2.54 bits per heavy atom. The SMILES string of the molecule is O=c1ccn([C@@H]2C=C(COCc3ccccc3)[C@@H](O)[C@H]2O)c(=O)[nH]1. The van der Waals surface area contributed by atoms with E-state index in [0.717, 1.165) is 5.56 Å². The minimum atomic E-state index is -1.18. The minimum Gasteiger partial charge on any atom is -0.388 e. The Kier molecular flexibility index (Phi) is 4.75. The van der Waals surface area contributed by atoms with Crippen molar-refractivity contribution >= 4 is 0 Å². The Labute approximate surface area is 137 Å². The molecule has 0 aliphatic heterocycles. The number of hydrogen-bond donors (Lipinski definition) is 3. The maximum Gasteiger partial charge on any atom is 0.328 e. The van der Waals surface area contributed by atoms with Crippen LogP contribution >= 0.6 is 0 Å². The van der Waals surface area contributed by atoms with Gasteiger partial charge in [0.15, 0.2) is 0 Å². The maximum atomic E-state index is 11.8. The maximum absolute atomic E-state index is 11.8. The molecule has 0 spiro atoms. The lowest BCUT2D eigenvalue weighted by molar-refractivity contribution is 0.0221. The quantitative estimate of drug-likeness (QED) is 0.667. The van der Waals surface area contributed by atoms with Crippen molar-refractivity contribution in [3.8, 4) is 0 Å². The zero-order valence-electron chi connectivity index (χ0n) is 12.8. The summed E-state index contributed by atoms with van der Waals surface area (Å²) in [4.78, 5) is 25.1. The molecule has 0 fully saturated rings. The molecule has 7 nitrogen and oxygen atoms in total. The summed E-state index contributed by atoms with van der Waals surface area (Å²) in [6, 6.07) is 10.0. The lowest BCUT2D eigenvalue weighted by Gasteiger charge is -2.19. The normalized spacial score (nSPS) is 23.2. The topological polar surface area (TPSA) is 105 Å². The number of hydrogen-bond acceptors (Lipinski definition) is 5. The van der Waals surface area contributed by atoms with Gasteiger partial charge in [-0.3, -0.25) is 14.3 Å². The number of aromatic amines is 1. The smallest absolute Gasteiger partial charge is 0.328 e. The van der Waals surface area contributed by atoms with Crippen LogP contribution in [0.5, 0.6) is 0 Å². The van der Waals surface area contributed by atoms with E-state index < -0.39 is 29.5 Å². The first-order valence-corrected chi connectivity index (χ1v) is 7.56. The van der Waals surface area contributed by atoms with Crippen molar-refractivity contribution in [2.45, 2.75) is 24.9 Å². The Balaban J connectivity index is 1.71. The minimum absolute atomic E-state index is 0.141. The van der Waals surface area contributed by atoms with Gasteiger partial charge in [-0.05, 0) is 11.1 Å². The van der Waals surface area contributed by atoms with Crippen LogP contribution in [-0.2, 0) is 11.3 Å². The number of nitrogens with zero attached hydrogens (tertiary/aromatic N) is 1. The first-order valence-electron chi connectivity index (χ1n) is 7.56. The highest BCUT2D eigenvalue weighted by Crippen LogP contribution is 2.28. The molecule has 7 heteroatoms. The lowest BCUT2D eigenvalue weighted by Crippen LogP contribution is -2.37. The Morgan fingerprint density at radius 1 is 1.08 bits per heavy atom. The van der Waals surface area contributed by atoms with Crippen LogP contribution < -0.4 is 11.2 Å². The summed E-state index contributed by atoms with van der Waals surface area (Å²) in [5, 5.41) is 20.3. The number of aliphatic hydroxyl groups is 2. The fourth-order valence-corrected chi connectivity index (χ4v) is 2.72. The number of aromatic nitrogens is 2. The van der Waals surface area contributed by atoms with Gasteiger partial charge in [0.25, 0.3) is 5.56 Å². The zero-order valence-corrected chi connectivity index (χ0v) is 12.8. The highest BCUT2D eigenvalue weighted by molar-refractivity contribution is 5.23. The van der Waals surface area contributed by atoms with Crippen LogP contribution in [-0.4, -0.2) is 38.6 Å².